The maximum absolute atomic E-state index is 5.59. The zero-order valence-corrected chi connectivity index (χ0v) is 15.7. The molecule has 7 nitrogen and oxygen atoms in total. The summed E-state index contributed by atoms with van der Waals surface area (Å²) >= 11 is 0. The number of nitrogens with one attached hydrogen (secondary N) is 2. The lowest BCUT2D eigenvalue weighted by Crippen LogP contribution is -2.36. The summed E-state index contributed by atoms with van der Waals surface area (Å²) in [5.41, 5.74) is 4.25. The van der Waals surface area contributed by atoms with Gasteiger partial charge in [0.2, 0.25) is 0 Å². The number of fused-ring (bicyclic) bond motifs is 2. The van der Waals surface area contributed by atoms with Crippen LogP contribution in [-0.2, 0) is 13.0 Å². The Morgan fingerprint density at radius 1 is 1.18 bits per heavy atom. The number of ether oxygens (including phenoxy) is 1. The molecule has 1 aliphatic heterocycles. The first-order valence-corrected chi connectivity index (χ1v) is 9.60. The van der Waals surface area contributed by atoms with E-state index in [0.717, 1.165) is 53.4 Å². The molecule has 0 saturated heterocycles. The number of hydrogen-bond acceptors (Lipinski definition) is 5. The van der Waals surface area contributed by atoms with Crippen LogP contribution >= 0.6 is 0 Å². The summed E-state index contributed by atoms with van der Waals surface area (Å²) in [5, 5.41) is 1.09. The van der Waals surface area contributed by atoms with Crippen molar-refractivity contribution in [2.45, 2.75) is 25.9 Å². The van der Waals surface area contributed by atoms with Gasteiger partial charge in [-0.05, 0) is 31.2 Å². The molecule has 142 valence electrons. The fourth-order valence-corrected chi connectivity index (χ4v) is 3.92. The van der Waals surface area contributed by atoms with Gasteiger partial charge in [0.05, 0.1) is 29.8 Å². The molecule has 1 atom stereocenters. The van der Waals surface area contributed by atoms with Crippen molar-refractivity contribution in [3.8, 4) is 5.75 Å². The highest BCUT2D eigenvalue weighted by atomic mass is 16.5. The number of H-pyrrole nitrogens is 2. The van der Waals surface area contributed by atoms with E-state index < -0.39 is 0 Å². The summed E-state index contributed by atoms with van der Waals surface area (Å²) in [6, 6.07) is 10.3. The van der Waals surface area contributed by atoms with Crippen molar-refractivity contribution in [1.29, 1.82) is 0 Å². The van der Waals surface area contributed by atoms with Crippen LogP contribution in [0.15, 0.2) is 49.1 Å². The summed E-state index contributed by atoms with van der Waals surface area (Å²) in [4.78, 5) is 22.9. The number of pyridine rings is 1. The number of nitrogens with zero attached hydrogens (tertiary/aromatic N) is 4. The Balaban J connectivity index is 1.45. The number of aromatic amines is 2. The van der Waals surface area contributed by atoms with Crippen molar-refractivity contribution in [3.05, 3.63) is 72.0 Å². The van der Waals surface area contributed by atoms with Crippen molar-refractivity contribution in [1.82, 2.24) is 29.8 Å². The van der Waals surface area contributed by atoms with Crippen LogP contribution in [0.3, 0.4) is 0 Å². The van der Waals surface area contributed by atoms with Gasteiger partial charge >= 0.3 is 0 Å². The molecule has 0 radical (unpaired) electrons. The number of benzene rings is 1. The zero-order valence-electron chi connectivity index (χ0n) is 15.7. The highest BCUT2D eigenvalue weighted by Gasteiger charge is 2.32. The van der Waals surface area contributed by atoms with Gasteiger partial charge in [-0.2, -0.15) is 0 Å². The van der Waals surface area contributed by atoms with Gasteiger partial charge in [0.25, 0.3) is 0 Å². The lowest BCUT2D eigenvalue weighted by molar-refractivity contribution is 0.192. The monoisotopic (exact) mass is 374 g/mol. The van der Waals surface area contributed by atoms with Gasteiger partial charge in [0.1, 0.15) is 17.6 Å². The fraction of sp³-hybridized carbons (Fsp3) is 0.286. The van der Waals surface area contributed by atoms with Crippen LogP contribution in [0.1, 0.15) is 35.9 Å². The molecule has 5 rings (SSSR count). The van der Waals surface area contributed by atoms with Crippen LogP contribution < -0.4 is 4.74 Å². The third kappa shape index (κ3) is 3.03. The Kier molecular flexibility index (Phi) is 4.29. The number of rotatable bonds is 5. The highest BCUT2D eigenvalue weighted by Crippen LogP contribution is 2.32. The molecule has 0 saturated carbocycles. The Bertz CT molecular complexity index is 1090. The standard InChI is InChI=1S/C21H22N6O/c1-2-28-16-5-6-17-14(11-16)3-4-15(26-17)12-27-10-7-18-19(25-13-24-18)20(27)21-22-8-9-23-21/h3-6,8-9,11,13,20H,2,7,10,12H2,1H3,(H,22,23)(H,24,25)/t20-/m0/s1. The van der Waals surface area contributed by atoms with Crippen LogP contribution in [0.2, 0.25) is 0 Å². The Morgan fingerprint density at radius 3 is 3.00 bits per heavy atom. The van der Waals surface area contributed by atoms with E-state index in [0.29, 0.717) is 6.61 Å². The van der Waals surface area contributed by atoms with Gasteiger partial charge in [0.15, 0.2) is 0 Å². The van der Waals surface area contributed by atoms with Crippen molar-refractivity contribution >= 4 is 10.9 Å². The smallest absolute Gasteiger partial charge is 0.129 e. The molecule has 1 aromatic carbocycles. The van der Waals surface area contributed by atoms with Gasteiger partial charge in [-0.15, -0.1) is 0 Å². The highest BCUT2D eigenvalue weighted by molar-refractivity contribution is 5.80. The molecule has 3 aromatic heterocycles. The van der Waals surface area contributed by atoms with E-state index in [1.54, 1.807) is 12.5 Å². The minimum Gasteiger partial charge on any atom is -0.494 e. The Hall–Kier alpha value is -3.19. The van der Waals surface area contributed by atoms with Crippen LogP contribution in [0.4, 0.5) is 0 Å². The predicted octanol–water partition coefficient (Wildman–Crippen LogP) is 3.23. The van der Waals surface area contributed by atoms with Crippen molar-refractivity contribution in [3.63, 3.8) is 0 Å². The summed E-state index contributed by atoms with van der Waals surface area (Å²) in [5.74, 6) is 1.79. The van der Waals surface area contributed by atoms with Crippen LogP contribution in [0.5, 0.6) is 5.75 Å². The number of hydrogen-bond donors (Lipinski definition) is 2. The largest absolute Gasteiger partial charge is 0.494 e. The number of imidazole rings is 2. The van der Waals surface area contributed by atoms with E-state index in [4.69, 9.17) is 9.72 Å². The molecular formula is C21H22N6O. The maximum Gasteiger partial charge on any atom is 0.129 e. The average Bonchev–Trinajstić information content (AvgIpc) is 3.40. The van der Waals surface area contributed by atoms with E-state index in [-0.39, 0.29) is 6.04 Å². The third-order valence-corrected chi connectivity index (χ3v) is 5.20. The minimum atomic E-state index is 0.00262. The lowest BCUT2D eigenvalue weighted by atomic mass is 10.0. The minimum absolute atomic E-state index is 0.00262. The van der Waals surface area contributed by atoms with Gasteiger partial charge in [-0.1, -0.05) is 6.07 Å². The van der Waals surface area contributed by atoms with Crippen molar-refractivity contribution in [2.75, 3.05) is 13.2 Å². The second kappa shape index (κ2) is 7.09. The maximum atomic E-state index is 5.59. The molecule has 0 amide bonds. The SMILES string of the molecule is CCOc1ccc2nc(CN3CCc4[nH]cnc4[C@H]3c3ncc[nH]3)ccc2c1. The molecule has 0 fully saturated rings. The number of aromatic nitrogens is 5. The lowest BCUT2D eigenvalue weighted by Gasteiger charge is -2.33. The van der Waals surface area contributed by atoms with Crippen molar-refractivity contribution < 1.29 is 4.74 Å². The van der Waals surface area contributed by atoms with E-state index in [1.807, 2.05) is 31.3 Å². The first kappa shape index (κ1) is 16.9. The molecule has 2 N–H and O–H groups in total. The van der Waals surface area contributed by atoms with E-state index in [9.17, 15) is 0 Å². The van der Waals surface area contributed by atoms with E-state index in [1.165, 1.54) is 5.69 Å². The second-order valence-corrected chi connectivity index (χ2v) is 6.95. The van der Waals surface area contributed by atoms with Crippen LogP contribution in [0, 0.1) is 0 Å². The van der Waals surface area contributed by atoms with E-state index in [2.05, 4.69) is 37.0 Å². The molecular weight excluding hydrogens is 352 g/mol. The third-order valence-electron chi connectivity index (χ3n) is 5.20. The molecule has 0 spiro atoms. The molecule has 4 aromatic rings. The van der Waals surface area contributed by atoms with Gasteiger partial charge in [0, 0.05) is 43.0 Å². The Labute approximate surface area is 162 Å². The second-order valence-electron chi connectivity index (χ2n) is 6.95. The summed E-state index contributed by atoms with van der Waals surface area (Å²) in [7, 11) is 0. The quantitative estimate of drug-likeness (QED) is 0.560. The molecule has 1 aliphatic rings. The molecule has 28 heavy (non-hydrogen) atoms. The zero-order chi connectivity index (χ0) is 18.9. The van der Waals surface area contributed by atoms with Gasteiger partial charge in [-0.25, -0.2) is 9.97 Å². The van der Waals surface area contributed by atoms with Gasteiger partial charge in [-0.3, -0.25) is 9.88 Å². The first-order valence-electron chi connectivity index (χ1n) is 9.60. The Morgan fingerprint density at radius 2 is 2.14 bits per heavy atom. The molecule has 0 bridgehead atoms. The van der Waals surface area contributed by atoms with Crippen LogP contribution in [-0.4, -0.2) is 43.0 Å². The predicted molar refractivity (Wildman–Crippen MR) is 106 cm³/mol. The van der Waals surface area contributed by atoms with Crippen molar-refractivity contribution in [2.24, 2.45) is 0 Å². The topological polar surface area (TPSA) is 82.7 Å². The summed E-state index contributed by atoms with van der Waals surface area (Å²) in [6.07, 6.45) is 6.36. The molecule has 0 unspecified atom stereocenters. The fourth-order valence-electron chi connectivity index (χ4n) is 3.92. The average molecular weight is 374 g/mol. The van der Waals surface area contributed by atoms with Crippen LogP contribution in [0.25, 0.3) is 10.9 Å². The van der Waals surface area contributed by atoms with Gasteiger partial charge < -0.3 is 14.7 Å². The van der Waals surface area contributed by atoms with E-state index >= 15 is 0 Å². The molecule has 7 heteroatoms. The summed E-state index contributed by atoms with van der Waals surface area (Å²) < 4.78 is 5.59. The normalized spacial score (nSPS) is 17.0. The first-order chi connectivity index (χ1) is 13.8. The molecule has 0 aliphatic carbocycles. The summed E-state index contributed by atoms with van der Waals surface area (Å²) in [6.45, 7) is 4.31. The molecule has 4 heterocycles.